The Morgan fingerprint density at radius 1 is 1.06 bits per heavy atom. The number of rotatable bonds is 8. The van der Waals surface area contributed by atoms with Gasteiger partial charge >= 0.3 is 0 Å². The minimum Gasteiger partial charge on any atom is -0.327 e. The second kappa shape index (κ2) is 8.10. The van der Waals surface area contributed by atoms with E-state index in [-0.39, 0.29) is 5.41 Å². The number of hydrogen-bond acceptors (Lipinski definition) is 2. The van der Waals surface area contributed by atoms with Crippen molar-refractivity contribution in [1.29, 1.82) is 0 Å². The van der Waals surface area contributed by atoms with Crippen LogP contribution < -0.4 is 5.73 Å². The quantitative estimate of drug-likeness (QED) is 0.706. The first kappa shape index (κ1) is 16.9. The molecule has 0 rings (SSSR count). The molecule has 0 radical (unpaired) electrons. The first-order chi connectivity index (χ1) is 7.85. The van der Waals surface area contributed by atoms with Gasteiger partial charge in [0.15, 0.2) is 0 Å². The summed E-state index contributed by atoms with van der Waals surface area (Å²) in [7, 11) is 0. The van der Waals surface area contributed by atoms with E-state index < -0.39 is 0 Å². The van der Waals surface area contributed by atoms with Gasteiger partial charge in [-0.1, -0.05) is 54.4 Å². The zero-order valence-electron chi connectivity index (χ0n) is 12.9. The van der Waals surface area contributed by atoms with Crippen molar-refractivity contribution in [3.05, 3.63) is 0 Å². The maximum absolute atomic E-state index is 6.22. The Morgan fingerprint density at radius 3 is 1.94 bits per heavy atom. The molecule has 17 heavy (non-hydrogen) atoms. The van der Waals surface area contributed by atoms with Gasteiger partial charge in [-0.3, -0.25) is 0 Å². The lowest BCUT2D eigenvalue weighted by molar-refractivity contribution is 0.204. The fraction of sp³-hybridized carbons (Fsp3) is 1.00. The Bertz CT molecular complexity index is 180. The molecule has 1 unspecified atom stereocenters. The molecule has 0 aromatic rings. The lowest BCUT2D eigenvalue weighted by Gasteiger charge is -2.31. The van der Waals surface area contributed by atoms with Gasteiger partial charge in [-0.2, -0.15) is 0 Å². The summed E-state index contributed by atoms with van der Waals surface area (Å²) in [6.45, 7) is 17.1. The molecule has 0 saturated carbocycles. The van der Waals surface area contributed by atoms with E-state index >= 15 is 0 Å². The summed E-state index contributed by atoms with van der Waals surface area (Å²) >= 11 is 0. The highest BCUT2D eigenvalue weighted by Crippen LogP contribution is 2.20. The molecule has 0 aliphatic carbocycles. The van der Waals surface area contributed by atoms with E-state index in [9.17, 15) is 0 Å². The molecule has 0 aromatic heterocycles. The molecule has 0 aliphatic heterocycles. The van der Waals surface area contributed by atoms with Gasteiger partial charge in [-0.15, -0.1) is 0 Å². The van der Waals surface area contributed by atoms with Crippen LogP contribution in [-0.4, -0.2) is 30.6 Å². The van der Waals surface area contributed by atoms with Crippen molar-refractivity contribution in [3.8, 4) is 0 Å². The Labute approximate surface area is 109 Å². The minimum atomic E-state index is 0.230. The molecule has 1 atom stereocenters. The second-order valence-corrected chi connectivity index (χ2v) is 6.34. The zero-order valence-corrected chi connectivity index (χ0v) is 12.9. The molecule has 0 bridgehead atoms. The van der Waals surface area contributed by atoms with E-state index in [1.807, 2.05) is 0 Å². The number of nitrogens with two attached hydrogens (primary N) is 1. The highest BCUT2D eigenvalue weighted by molar-refractivity contribution is 4.78. The van der Waals surface area contributed by atoms with E-state index in [4.69, 9.17) is 5.73 Å². The van der Waals surface area contributed by atoms with Gasteiger partial charge in [-0.05, 0) is 30.8 Å². The molecule has 2 nitrogen and oxygen atoms in total. The van der Waals surface area contributed by atoms with Crippen molar-refractivity contribution >= 4 is 0 Å². The summed E-state index contributed by atoms with van der Waals surface area (Å²) in [4.78, 5) is 2.56. The topological polar surface area (TPSA) is 29.3 Å². The Hall–Kier alpha value is -0.0800. The van der Waals surface area contributed by atoms with Crippen molar-refractivity contribution in [1.82, 2.24) is 4.90 Å². The van der Waals surface area contributed by atoms with E-state index in [0.29, 0.717) is 6.04 Å². The standard InChI is InChI=1S/C15H34N2/c1-7-13(8-2)12-17(9-3)11-10-14(16)15(4,5)6/h13-14H,7-12,16H2,1-6H3. The molecule has 2 N–H and O–H groups in total. The number of hydrogen-bond donors (Lipinski definition) is 1. The summed E-state index contributed by atoms with van der Waals surface area (Å²) in [5.41, 5.74) is 6.45. The monoisotopic (exact) mass is 242 g/mol. The molecule has 0 heterocycles. The van der Waals surface area contributed by atoms with Crippen LogP contribution in [-0.2, 0) is 0 Å². The summed E-state index contributed by atoms with van der Waals surface area (Å²) in [6.07, 6.45) is 3.69. The second-order valence-electron chi connectivity index (χ2n) is 6.34. The van der Waals surface area contributed by atoms with Crippen LogP contribution >= 0.6 is 0 Å². The molecule has 0 aliphatic rings. The third kappa shape index (κ3) is 7.05. The third-order valence-electron chi connectivity index (χ3n) is 3.99. The molecule has 0 aromatic carbocycles. The Balaban J connectivity index is 4.06. The first-order valence-corrected chi connectivity index (χ1v) is 7.33. The third-order valence-corrected chi connectivity index (χ3v) is 3.99. The van der Waals surface area contributed by atoms with Crippen molar-refractivity contribution in [2.75, 3.05) is 19.6 Å². The van der Waals surface area contributed by atoms with E-state index in [0.717, 1.165) is 25.4 Å². The predicted octanol–water partition coefficient (Wildman–Crippen LogP) is 3.51. The van der Waals surface area contributed by atoms with Crippen LogP contribution in [0.2, 0.25) is 0 Å². The lowest BCUT2D eigenvalue weighted by atomic mass is 9.85. The van der Waals surface area contributed by atoms with Gasteiger partial charge < -0.3 is 10.6 Å². The smallest absolute Gasteiger partial charge is 0.00998 e. The fourth-order valence-corrected chi connectivity index (χ4v) is 2.05. The van der Waals surface area contributed by atoms with Gasteiger partial charge in [0.2, 0.25) is 0 Å². The van der Waals surface area contributed by atoms with Gasteiger partial charge in [0.25, 0.3) is 0 Å². The van der Waals surface area contributed by atoms with Crippen LogP contribution in [0, 0.1) is 11.3 Å². The minimum absolute atomic E-state index is 0.230. The first-order valence-electron chi connectivity index (χ1n) is 7.33. The normalized spacial score (nSPS) is 14.6. The molecule has 0 amide bonds. The largest absolute Gasteiger partial charge is 0.327 e. The average molecular weight is 242 g/mol. The van der Waals surface area contributed by atoms with Crippen LogP contribution in [0.5, 0.6) is 0 Å². The Kier molecular flexibility index (Phi) is 8.06. The highest BCUT2D eigenvalue weighted by Gasteiger charge is 2.21. The predicted molar refractivity (Wildman–Crippen MR) is 78.2 cm³/mol. The van der Waals surface area contributed by atoms with Crippen LogP contribution in [0.1, 0.15) is 60.8 Å². The summed E-state index contributed by atoms with van der Waals surface area (Å²) in [5.74, 6) is 0.848. The lowest BCUT2D eigenvalue weighted by Crippen LogP contribution is -2.39. The SMILES string of the molecule is CCC(CC)CN(CC)CCC(N)C(C)(C)C. The molecule has 104 valence electrons. The molecule has 2 heteroatoms. The van der Waals surface area contributed by atoms with Gasteiger partial charge in [0, 0.05) is 12.6 Å². The van der Waals surface area contributed by atoms with E-state index in [1.54, 1.807) is 0 Å². The molecular weight excluding hydrogens is 208 g/mol. The van der Waals surface area contributed by atoms with Gasteiger partial charge in [-0.25, -0.2) is 0 Å². The van der Waals surface area contributed by atoms with Crippen molar-refractivity contribution < 1.29 is 0 Å². The van der Waals surface area contributed by atoms with E-state index in [2.05, 4.69) is 46.4 Å². The van der Waals surface area contributed by atoms with Gasteiger partial charge in [0.05, 0.1) is 0 Å². The maximum Gasteiger partial charge on any atom is 0.00998 e. The zero-order chi connectivity index (χ0) is 13.5. The van der Waals surface area contributed by atoms with Crippen LogP contribution in [0.3, 0.4) is 0 Å². The van der Waals surface area contributed by atoms with Crippen molar-refractivity contribution in [3.63, 3.8) is 0 Å². The van der Waals surface area contributed by atoms with Crippen molar-refractivity contribution in [2.45, 2.75) is 66.8 Å². The van der Waals surface area contributed by atoms with Crippen LogP contribution in [0.25, 0.3) is 0 Å². The molecule has 0 saturated heterocycles. The van der Waals surface area contributed by atoms with Crippen LogP contribution in [0.15, 0.2) is 0 Å². The average Bonchev–Trinajstić information content (AvgIpc) is 2.28. The summed E-state index contributed by atoms with van der Waals surface area (Å²) in [6, 6.07) is 0.304. The van der Waals surface area contributed by atoms with E-state index in [1.165, 1.54) is 19.4 Å². The van der Waals surface area contributed by atoms with Crippen LogP contribution in [0.4, 0.5) is 0 Å². The Morgan fingerprint density at radius 2 is 1.59 bits per heavy atom. The maximum atomic E-state index is 6.22. The molecular formula is C15H34N2. The molecule has 0 spiro atoms. The highest BCUT2D eigenvalue weighted by atomic mass is 15.1. The number of nitrogens with zero attached hydrogens (tertiary/aromatic N) is 1. The fourth-order valence-electron chi connectivity index (χ4n) is 2.05. The summed E-state index contributed by atoms with van der Waals surface area (Å²) < 4.78 is 0. The van der Waals surface area contributed by atoms with Gasteiger partial charge in [0.1, 0.15) is 0 Å². The van der Waals surface area contributed by atoms with Crippen molar-refractivity contribution in [2.24, 2.45) is 17.1 Å². The molecule has 0 fully saturated rings. The summed E-state index contributed by atoms with van der Waals surface area (Å²) in [5, 5.41) is 0.